The molecule has 0 aromatic heterocycles. The molecule has 0 bridgehead atoms. The standard InChI is InChI=1S/C18H31NO/c1-7-15(4)16-8-10-17(11-9-16)20-13-18(5,6)12-19-14(2)3/h8-11,14-15,19H,7,12-13H2,1-6H3. The van der Waals surface area contributed by atoms with Gasteiger partial charge in [0, 0.05) is 18.0 Å². The predicted octanol–water partition coefficient (Wildman–Crippen LogP) is 4.60. The molecule has 1 aromatic rings. The van der Waals surface area contributed by atoms with E-state index >= 15 is 0 Å². The van der Waals surface area contributed by atoms with Crippen LogP contribution in [0.25, 0.3) is 0 Å². The van der Waals surface area contributed by atoms with E-state index in [-0.39, 0.29) is 5.41 Å². The van der Waals surface area contributed by atoms with Crippen LogP contribution in [0.5, 0.6) is 5.75 Å². The van der Waals surface area contributed by atoms with Crippen molar-refractivity contribution in [2.45, 2.75) is 59.9 Å². The van der Waals surface area contributed by atoms with Crippen molar-refractivity contribution < 1.29 is 4.74 Å². The summed E-state index contributed by atoms with van der Waals surface area (Å²) in [4.78, 5) is 0. The molecular weight excluding hydrogens is 246 g/mol. The van der Waals surface area contributed by atoms with E-state index in [0.29, 0.717) is 12.0 Å². The van der Waals surface area contributed by atoms with E-state index in [1.807, 2.05) is 0 Å². The molecule has 0 aliphatic rings. The van der Waals surface area contributed by atoms with E-state index in [1.54, 1.807) is 0 Å². The lowest BCUT2D eigenvalue weighted by atomic mass is 9.94. The van der Waals surface area contributed by atoms with E-state index in [0.717, 1.165) is 18.9 Å². The molecule has 2 heteroatoms. The zero-order chi connectivity index (χ0) is 15.2. The number of hydrogen-bond donors (Lipinski definition) is 1. The summed E-state index contributed by atoms with van der Waals surface area (Å²) in [6.45, 7) is 15.0. The van der Waals surface area contributed by atoms with Gasteiger partial charge in [-0.1, -0.05) is 53.7 Å². The Bertz CT molecular complexity index is 381. The molecule has 2 nitrogen and oxygen atoms in total. The van der Waals surface area contributed by atoms with E-state index in [2.05, 4.69) is 71.1 Å². The maximum absolute atomic E-state index is 5.93. The highest BCUT2D eigenvalue weighted by Gasteiger charge is 2.19. The van der Waals surface area contributed by atoms with Crippen LogP contribution in [0.2, 0.25) is 0 Å². The number of benzene rings is 1. The first kappa shape index (κ1) is 17.0. The van der Waals surface area contributed by atoms with Gasteiger partial charge in [0.1, 0.15) is 5.75 Å². The first-order valence-electron chi connectivity index (χ1n) is 7.80. The fourth-order valence-electron chi connectivity index (χ4n) is 1.94. The predicted molar refractivity (Wildman–Crippen MR) is 87.6 cm³/mol. The van der Waals surface area contributed by atoms with Gasteiger partial charge in [-0.05, 0) is 30.0 Å². The van der Waals surface area contributed by atoms with E-state index in [1.165, 1.54) is 12.0 Å². The van der Waals surface area contributed by atoms with Crippen molar-refractivity contribution in [3.63, 3.8) is 0 Å². The summed E-state index contributed by atoms with van der Waals surface area (Å²) in [5.41, 5.74) is 1.53. The first-order valence-corrected chi connectivity index (χ1v) is 7.80. The minimum Gasteiger partial charge on any atom is -0.493 e. The molecule has 1 aromatic carbocycles. The zero-order valence-corrected chi connectivity index (χ0v) is 14.0. The Morgan fingerprint density at radius 3 is 2.20 bits per heavy atom. The average Bonchev–Trinajstić information content (AvgIpc) is 2.43. The minimum atomic E-state index is 0.139. The number of rotatable bonds is 8. The Hall–Kier alpha value is -1.02. The smallest absolute Gasteiger partial charge is 0.119 e. The Balaban J connectivity index is 2.48. The molecule has 0 saturated heterocycles. The normalized spacial score (nSPS) is 13.6. The summed E-state index contributed by atoms with van der Waals surface area (Å²) < 4.78 is 5.93. The van der Waals surface area contributed by atoms with Crippen molar-refractivity contribution >= 4 is 0 Å². The molecule has 1 N–H and O–H groups in total. The molecule has 1 unspecified atom stereocenters. The van der Waals surface area contributed by atoms with Crippen LogP contribution in [-0.2, 0) is 0 Å². The fraction of sp³-hybridized carbons (Fsp3) is 0.667. The lowest BCUT2D eigenvalue weighted by Crippen LogP contribution is -2.37. The third-order valence-corrected chi connectivity index (χ3v) is 3.68. The maximum Gasteiger partial charge on any atom is 0.119 e. The topological polar surface area (TPSA) is 21.3 Å². The molecule has 0 saturated carbocycles. The van der Waals surface area contributed by atoms with Crippen molar-refractivity contribution in [2.24, 2.45) is 5.41 Å². The van der Waals surface area contributed by atoms with E-state index < -0.39 is 0 Å². The van der Waals surface area contributed by atoms with Gasteiger partial charge in [-0.15, -0.1) is 0 Å². The second-order valence-electron chi connectivity index (χ2n) is 6.87. The highest BCUT2D eigenvalue weighted by molar-refractivity contribution is 5.29. The van der Waals surface area contributed by atoms with Gasteiger partial charge in [-0.2, -0.15) is 0 Å². The van der Waals surface area contributed by atoms with Crippen molar-refractivity contribution in [1.29, 1.82) is 0 Å². The molecule has 0 fully saturated rings. The lowest BCUT2D eigenvalue weighted by molar-refractivity contribution is 0.173. The van der Waals surface area contributed by atoms with Crippen molar-refractivity contribution in [3.8, 4) is 5.75 Å². The SMILES string of the molecule is CCC(C)c1ccc(OCC(C)(C)CNC(C)C)cc1. The molecule has 1 rings (SSSR count). The molecule has 0 spiro atoms. The molecule has 0 radical (unpaired) electrons. The van der Waals surface area contributed by atoms with Crippen LogP contribution >= 0.6 is 0 Å². The van der Waals surface area contributed by atoms with Gasteiger partial charge in [0.2, 0.25) is 0 Å². The summed E-state index contributed by atoms with van der Waals surface area (Å²) in [6.07, 6.45) is 1.17. The molecule has 0 amide bonds. The lowest BCUT2D eigenvalue weighted by Gasteiger charge is -2.26. The molecule has 0 aliphatic carbocycles. The third kappa shape index (κ3) is 5.96. The van der Waals surface area contributed by atoms with Crippen molar-refractivity contribution in [1.82, 2.24) is 5.32 Å². The highest BCUT2D eigenvalue weighted by Crippen LogP contribution is 2.23. The van der Waals surface area contributed by atoms with Crippen LogP contribution in [0.4, 0.5) is 0 Å². The van der Waals surface area contributed by atoms with Crippen LogP contribution in [0, 0.1) is 5.41 Å². The van der Waals surface area contributed by atoms with Gasteiger partial charge in [-0.25, -0.2) is 0 Å². The quantitative estimate of drug-likeness (QED) is 0.749. The van der Waals surface area contributed by atoms with Gasteiger partial charge in [0.05, 0.1) is 6.61 Å². The molecule has 20 heavy (non-hydrogen) atoms. The van der Waals surface area contributed by atoms with Gasteiger partial charge < -0.3 is 10.1 Å². The number of hydrogen-bond acceptors (Lipinski definition) is 2. The Morgan fingerprint density at radius 1 is 1.10 bits per heavy atom. The monoisotopic (exact) mass is 277 g/mol. The van der Waals surface area contributed by atoms with Gasteiger partial charge >= 0.3 is 0 Å². The largest absolute Gasteiger partial charge is 0.493 e. The van der Waals surface area contributed by atoms with Gasteiger partial charge in [0.25, 0.3) is 0 Å². The molecular formula is C18H31NO. The molecule has 0 heterocycles. The van der Waals surface area contributed by atoms with E-state index in [4.69, 9.17) is 4.74 Å². The minimum absolute atomic E-state index is 0.139. The van der Waals surface area contributed by atoms with Crippen LogP contribution in [0.15, 0.2) is 24.3 Å². The van der Waals surface area contributed by atoms with E-state index in [9.17, 15) is 0 Å². The maximum atomic E-state index is 5.93. The third-order valence-electron chi connectivity index (χ3n) is 3.68. The molecule has 1 atom stereocenters. The summed E-state index contributed by atoms with van der Waals surface area (Å²) >= 11 is 0. The highest BCUT2D eigenvalue weighted by atomic mass is 16.5. The second kappa shape index (κ2) is 7.68. The van der Waals surface area contributed by atoms with Crippen molar-refractivity contribution in [3.05, 3.63) is 29.8 Å². The van der Waals surface area contributed by atoms with Crippen LogP contribution in [0.1, 0.15) is 59.4 Å². The summed E-state index contributed by atoms with van der Waals surface area (Å²) in [6, 6.07) is 9.07. The van der Waals surface area contributed by atoms with Gasteiger partial charge in [-0.3, -0.25) is 0 Å². The van der Waals surface area contributed by atoms with Gasteiger partial charge in [0.15, 0.2) is 0 Å². The second-order valence-corrected chi connectivity index (χ2v) is 6.87. The molecule has 114 valence electrons. The molecule has 0 aliphatic heterocycles. The van der Waals surface area contributed by atoms with Crippen LogP contribution < -0.4 is 10.1 Å². The summed E-state index contributed by atoms with van der Waals surface area (Å²) in [5, 5.41) is 3.47. The van der Waals surface area contributed by atoms with Crippen molar-refractivity contribution in [2.75, 3.05) is 13.2 Å². The zero-order valence-electron chi connectivity index (χ0n) is 14.0. The Morgan fingerprint density at radius 2 is 1.70 bits per heavy atom. The Kier molecular flexibility index (Phi) is 6.54. The van der Waals surface area contributed by atoms with Crippen LogP contribution in [0.3, 0.4) is 0 Å². The number of nitrogens with one attached hydrogen (secondary N) is 1. The fourth-order valence-corrected chi connectivity index (χ4v) is 1.94. The Labute approximate surface area is 124 Å². The summed E-state index contributed by atoms with van der Waals surface area (Å²) in [7, 11) is 0. The van der Waals surface area contributed by atoms with Crippen LogP contribution in [-0.4, -0.2) is 19.2 Å². The number of ether oxygens (including phenoxy) is 1. The average molecular weight is 277 g/mol. The first-order chi connectivity index (χ1) is 9.34. The summed E-state index contributed by atoms with van der Waals surface area (Å²) in [5.74, 6) is 1.59.